The lowest BCUT2D eigenvalue weighted by molar-refractivity contribution is 0.0695. The van der Waals surface area contributed by atoms with Crippen LogP contribution in [-0.4, -0.2) is 22.8 Å². The average molecular weight is 196 g/mol. The van der Waals surface area contributed by atoms with Gasteiger partial charge in [0.1, 0.15) is 0 Å². The van der Waals surface area contributed by atoms with Gasteiger partial charge in [0.15, 0.2) is 11.5 Å². The van der Waals surface area contributed by atoms with E-state index < -0.39 is 5.97 Å². The highest BCUT2D eigenvalue weighted by Crippen LogP contribution is 2.31. The number of carboxylic acid groups (broad SMARTS) is 1. The Morgan fingerprint density at radius 1 is 1.50 bits per heavy atom. The molecule has 0 saturated heterocycles. The third-order valence-corrected chi connectivity index (χ3v) is 1.90. The maximum atomic E-state index is 10.8. The lowest BCUT2D eigenvalue weighted by Gasteiger charge is -2.10. The molecule has 0 aromatic heterocycles. The predicted octanol–water partition coefficient (Wildman–Crippen LogP) is 1.80. The van der Waals surface area contributed by atoms with Crippen LogP contribution in [-0.2, 0) is 0 Å². The van der Waals surface area contributed by atoms with Crippen molar-refractivity contribution in [1.82, 2.24) is 0 Å². The summed E-state index contributed by atoms with van der Waals surface area (Å²) >= 11 is 0. The first kappa shape index (κ1) is 10.4. The number of phenols is 1. The third kappa shape index (κ3) is 1.79. The Kier molecular flexibility index (Phi) is 2.96. The number of hydrogen-bond acceptors (Lipinski definition) is 3. The predicted molar refractivity (Wildman–Crippen MR) is 51.0 cm³/mol. The van der Waals surface area contributed by atoms with Crippen LogP contribution >= 0.6 is 0 Å². The minimum absolute atomic E-state index is 0.0330. The van der Waals surface area contributed by atoms with Gasteiger partial charge in [0, 0.05) is 5.56 Å². The molecule has 0 heterocycles. The topological polar surface area (TPSA) is 66.8 Å². The number of benzene rings is 1. The van der Waals surface area contributed by atoms with Gasteiger partial charge in [0.2, 0.25) is 0 Å². The Balaban J connectivity index is 3.26. The van der Waals surface area contributed by atoms with Crippen molar-refractivity contribution >= 4 is 5.97 Å². The first-order chi connectivity index (χ1) is 6.57. The van der Waals surface area contributed by atoms with Crippen molar-refractivity contribution in [3.63, 3.8) is 0 Å². The molecule has 76 valence electrons. The molecule has 1 rings (SSSR count). The third-order valence-electron chi connectivity index (χ3n) is 1.90. The van der Waals surface area contributed by atoms with Crippen LogP contribution in [0.4, 0.5) is 0 Å². The van der Waals surface area contributed by atoms with Crippen LogP contribution in [0.5, 0.6) is 11.5 Å². The van der Waals surface area contributed by atoms with E-state index in [4.69, 9.17) is 9.84 Å². The molecule has 1 aromatic rings. The van der Waals surface area contributed by atoms with E-state index >= 15 is 0 Å². The summed E-state index contributed by atoms with van der Waals surface area (Å²) in [5.41, 5.74) is 0.589. The van der Waals surface area contributed by atoms with E-state index in [1.165, 1.54) is 12.1 Å². The van der Waals surface area contributed by atoms with Gasteiger partial charge in [-0.3, -0.25) is 0 Å². The van der Waals surface area contributed by atoms with E-state index in [0.29, 0.717) is 12.2 Å². The van der Waals surface area contributed by atoms with Crippen molar-refractivity contribution in [2.24, 2.45) is 0 Å². The van der Waals surface area contributed by atoms with Crippen LogP contribution in [0.2, 0.25) is 0 Å². The van der Waals surface area contributed by atoms with E-state index in [1.54, 1.807) is 13.8 Å². The van der Waals surface area contributed by atoms with Gasteiger partial charge in [-0.05, 0) is 26.0 Å². The molecular formula is C10H12O4. The summed E-state index contributed by atoms with van der Waals surface area (Å²) in [6, 6.07) is 2.68. The van der Waals surface area contributed by atoms with Gasteiger partial charge in [-0.25, -0.2) is 4.79 Å². The molecule has 1 aromatic carbocycles. The van der Waals surface area contributed by atoms with E-state index in [-0.39, 0.29) is 17.1 Å². The smallest absolute Gasteiger partial charge is 0.336 e. The Morgan fingerprint density at radius 3 is 2.64 bits per heavy atom. The number of carboxylic acids is 1. The van der Waals surface area contributed by atoms with Crippen LogP contribution in [0.25, 0.3) is 0 Å². The normalized spacial score (nSPS) is 9.86. The number of hydrogen-bond donors (Lipinski definition) is 2. The molecule has 0 saturated carbocycles. The number of rotatable bonds is 3. The summed E-state index contributed by atoms with van der Waals surface area (Å²) < 4.78 is 5.14. The Bertz CT molecular complexity index is 357. The molecule has 0 aliphatic rings. The van der Waals surface area contributed by atoms with Crippen LogP contribution in [0.3, 0.4) is 0 Å². The average Bonchev–Trinajstić information content (AvgIpc) is 2.11. The van der Waals surface area contributed by atoms with Gasteiger partial charge in [-0.2, -0.15) is 0 Å². The summed E-state index contributed by atoms with van der Waals surface area (Å²) in [6.07, 6.45) is 0. The molecule has 0 bridgehead atoms. The monoisotopic (exact) mass is 196 g/mol. The summed E-state index contributed by atoms with van der Waals surface area (Å²) in [5, 5.41) is 18.2. The molecule has 14 heavy (non-hydrogen) atoms. The molecule has 2 N–H and O–H groups in total. The molecule has 0 unspecified atom stereocenters. The van der Waals surface area contributed by atoms with Gasteiger partial charge >= 0.3 is 5.97 Å². The summed E-state index contributed by atoms with van der Waals surface area (Å²) in [7, 11) is 0. The molecule has 0 fully saturated rings. The van der Waals surface area contributed by atoms with Crippen molar-refractivity contribution in [3.8, 4) is 11.5 Å². The summed E-state index contributed by atoms with van der Waals surface area (Å²) in [4.78, 5) is 10.8. The molecule has 0 amide bonds. The van der Waals surface area contributed by atoms with Crippen molar-refractivity contribution in [3.05, 3.63) is 23.3 Å². The maximum Gasteiger partial charge on any atom is 0.336 e. The number of ether oxygens (including phenoxy) is 1. The fraction of sp³-hybridized carbons (Fsp3) is 0.300. The second-order valence-corrected chi connectivity index (χ2v) is 2.82. The molecule has 0 aliphatic heterocycles. The molecule has 0 radical (unpaired) electrons. The molecule has 0 spiro atoms. The number of aromatic hydroxyl groups is 1. The van der Waals surface area contributed by atoms with E-state index in [9.17, 15) is 9.90 Å². The van der Waals surface area contributed by atoms with Crippen LogP contribution in [0.1, 0.15) is 22.8 Å². The highest BCUT2D eigenvalue weighted by molar-refractivity contribution is 5.90. The second kappa shape index (κ2) is 4.00. The maximum absolute atomic E-state index is 10.8. The SMILES string of the molecule is CCOc1c(O)ccc(C(=O)O)c1C. The number of carbonyl (C=O) groups is 1. The highest BCUT2D eigenvalue weighted by Gasteiger charge is 2.14. The van der Waals surface area contributed by atoms with E-state index in [2.05, 4.69) is 0 Å². The largest absolute Gasteiger partial charge is 0.504 e. The Morgan fingerprint density at radius 2 is 2.14 bits per heavy atom. The summed E-state index contributed by atoms with van der Waals surface area (Å²) in [5.74, 6) is -0.815. The molecule has 0 atom stereocenters. The van der Waals surface area contributed by atoms with Crippen molar-refractivity contribution < 1.29 is 19.7 Å². The number of aromatic carboxylic acids is 1. The molecule has 4 nitrogen and oxygen atoms in total. The summed E-state index contributed by atoms with van der Waals surface area (Å²) in [6.45, 7) is 3.76. The van der Waals surface area contributed by atoms with Crippen molar-refractivity contribution in [2.45, 2.75) is 13.8 Å². The van der Waals surface area contributed by atoms with Gasteiger partial charge < -0.3 is 14.9 Å². The highest BCUT2D eigenvalue weighted by atomic mass is 16.5. The first-order valence-corrected chi connectivity index (χ1v) is 4.26. The van der Waals surface area contributed by atoms with Gasteiger partial charge in [0.25, 0.3) is 0 Å². The van der Waals surface area contributed by atoms with Crippen LogP contribution in [0.15, 0.2) is 12.1 Å². The van der Waals surface area contributed by atoms with Crippen molar-refractivity contribution in [2.75, 3.05) is 6.61 Å². The zero-order valence-corrected chi connectivity index (χ0v) is 8.07. The van der Waals surface area contributed by atoms with Gasteiger partial charge in [-0.1, -0.05) is 0 Å². The van der Waals surface area contributed by atoms with Gasteiger partial charge in [-0.15, -0.1) is 0 Å². The lowest BCUT2D eigenvalue weighted by Crippen LogP contribution is -2.03. The van der Waals surface area contributed by atoms with Crippen LogP contribution < -0.4 is 4.74 Å². The first-order valence-electron chi connectivity index (χ1n) is 4.26. The van der Waals surface area contributed by atoms with E-state index in [1.807, 2.05) is 0 Å². The zero-order valence-electron chi connectivity index (χ0n) is 8.07. The van der Waals surface area contributed by atoms with Crippen LogP contribution in [0, 0.1) is 6.92 Å². The van der Waals surface area contributed by atoms with E-state index in [0.717, 1.165) is 0 Å². The quantitative estimate of drug-likeness (QED) is 0.773. The Labute approximate surface area is 81.8 Å². The fourth-order valence-electron chi connectivity index (χ4n) is 1.24. The minimum Gasteiger partial charge on any atom is -0.504 e. The Hall–Kier alpha value is -1.71. The van der Waals surface area contributed by atoms with Crippen molar-refractivity contribution in [1.29, 1.82) is 0 Å². The second-order valence-electron chi connectivity index (χ2n) is 2.82. The van der Waals surface area contributed by atoms with Gasteiger partial charge in [0.05, 0.1) is 12.2 Å². The standard InChI is InChI=1S/C10H12O4/c1-3-14-9-6(2)7(10(12)13)4-5-8(9)11/h4-5,11H,3H2,1-2H3,(H,12,13). The number of phenolic OH excluding ortho intramolecular Hbond substituents is 1. The minimum atomic E-state index is -1.02. The molecule has 4 heteroatoms. The fourth-order valence-corrected chi connectivity index (χ4v) is 1.24. The molecular weight excluding hydrogens is 184 g/mol. The zero-order chi connectivity index (χ0) is 10.7. The lowest BCUT2D eigenvalue weighted by atomic mass is 10.1. The molecule has 0 aliphatic carbocycles.